The van der Waals surface area contributed by atoms with Crippen LogP contribution in [0.1, 0.15) is 46.4 Å². The van der Waals surface area contributed by atoms with E-state index in [1.807, 2.05) is 0 Å². The second-order valence-electron chi connectivity index (χ2n) is 7.78. The Morgan fingerprint density at radius 3 is 1.73 bits per heavy atom. The molecule has 0 unspecified atom stereocenters. The van der Waals surface area contributed by atoms with E-state index in [1.165, 1.54) is 6.92 Å². The SMILES string of the molecule is CO[C@H]([C@H](OC(C)=O)[C@@H](OC(C)=O)[C@@H](OC(C)=O)[C@@H](COC(C)=O)OC(C)=O)n1cc(C)c(=O)[nH]c1=O. The summed E-state index contributed by atoms with van der Waals surface area (Å²) in [5.41, 5.74) is -1.58. The maximum absolute atomic E-state index is 12.6. The van der Waals surface area contributed by atoms with Crippen molar-refractivity contribution in [2.24, 2.45) is 0 Å². The van der Waals surface area contributed by atoms with E-state index in [9.17, 15) is 33.6 Å². The minimum absolute atomic E-state index is 0.0800. The Balaban J connectivity index is 3.84. The topological polar surface area (TPSA) is 196 Å². The highest BCUT2D eigenvalue weighted by atomic mass is 16.6. The van der Waals surface area contributed by atoms with Crippen LogP contribution in [0.25, 0.3) is 0 Å². The van der Waals surface area contributed by atoms with E-state index in [4.69, 9.17) is 28.4 Å². The van der Waals surface area contributed by atoms with Gasteiger partial charge in [-0.1, -0.05) is 0 Å². The van der Waals surface area contributed by atoms with Crippen molar-refractivity contribution in [3.05, 3.63) is 32.6 Å². The van der Waals surface area contributed by atoms with Crippen molar-refractivity contribution < 1.29 is 52.4 Å². The van der Waals surface area contributed by atoms with Gasteiger partial charge in [-0.05, 0) is 6.92 Å². The fourth-order valence-electron chi connectivity index (χ4n) is 3.33. The number of carbonyl (C=O) groups excluding carboxylic acids is 5. The van der Waals surface area contributed by atoms with Crippen LogP contribution in [-0.4, -0.2) is 77.5 Å². The monoisotopic (exact) mass is 530 g/mol. The smallest absolute Gasteiger partial charge is 0.330 e. The molecular weight excluding hydrogens is 500 g/mol. The van der Waals surface area contributed by atoms with E-state index in [2.05, 4.69) is 4.98 Å². The molecule has 0 spiro atoms. The minimum Gasteiger partial charge on any atom is -0.462 e. The van der Waals surface area contributed by atoms with Gasteiger partial charge in [-0.2, -0.15) is 0 Å². The van der Waals surface area contributed by atoms with Crippen molar-refractivity contribution >= 4 is 29.8 Å². The largest absolute Gasteiger partial charge is 0.462 e. The Labute approximate surface area is 210 Å². The van der Waals surface area contributed by atoms with Crippen molar-refractivity contribution in [2.45, 2.75) is 72.2 Å². The fraction of sp³-hybridized carbons (Fsp3) is 0.591. The Kier molecular flexibility index (Phi) is 11.7. The molecule has 1 rings (SSSR count). The molecule has 0 bridgehead atoms. The van der Waals surface area contributed by atoms with Gasteiger partial charge in [-0.15, -0.1) is 0 Å². The van der Waals surface area contributed by atoms with Crippen LogP contribution in [0.15, 0.2) is 15.8 Å². The molecule has 0 amide bonds. The van der Waals surface area contributed by atoms with Crippen molar-refractivity contribution in [2.75, 3.05) is 13.7 Å². The van der Waals surface area contributed by atoms with Gasteiger partial charge in [-0.3, -0.25) is 38.3 Å². The molecule has 5 atom stereocenters. The van der Waals surface area contributed by atoms with Gasteiger partial charge in [0.25, 0.3) is 5.56 Å². The first kappa shape index (κ1) is 31.0. The number of rotatable bonds is 12. The first-order chi connectivity index (χ1) is 17.2. The van der Waals surface area contributed by atoms with Crippen molar-refractivity contribution in [3.8, 4) is 0 Å². The predicted molar refractivity (Wildman–Crippen MR) is 121 cm³/mol. The number of aromatic amines is 1. The highest BCUT2D eigenvalue weighted by Crippen LogP contribution is 2.27. The third-order valence-corrected chi connectivity index (χ3v) is 4.63. The van der Waals surface area contributed by atoms with Crippen LogP contribution in [0.3, 0.4) is 0 Å². The summed E-state index contributed by atoms with van der Waals surface area (Å²) in [6, 6.07) is 0. The summed E-state index contributed by atoms with van der Waals surface area (Å²) in [6.07, 6.45) is -7.25. The molecule has 1 aromatic rings. The Hall–Kier alpha value is -4.01. The number of esters is 5. The van der Waals surface area contributed by atoms with Crippen LogP contribution in [0.5, 0.6) is 0 Å². The molecule has 15 heteroatoms. The molecule has 0 aliphatic rings. The number of ether oxygens (including phenoxy) is 6. The lowest BCUT2D eigenvalue weighted by Crippen LogP contribution is -2.56. The summed E-state index contributed by atoms with van der Waals surface area (Å²) in [5.74, 6) is -4.47. The number of methoxy groups -OCH3 is 1. The van der Waals surface area contributed by atoms with Gasteiger partial charge >= 0.3 is 35.5 Å². The van der Waals surface area contributed by atoms with Crippen LogP contribution in [0.4, 0.5) is 0 Å². The molecule has 0 aliphatic heterocycles. The quantitative estimate of drug-likeness (QED) is 0.263. The number of hydrogen-bond acceptors (Lipinski definition) is 13. The number of aryl methyl sites for hydroxylation is 1. The number of aromatic nitrogens is 2. The molecule has 0 aliphatic carbocycles. The van der Waals surface area contributed by atoms with Gasteiger partial charge in [0.05, 0.1) is 0 Å². The van der Waals surface area contributed by atoms with Crippen molar-refractivity contribution in [3.63, 3.8) is 0 Å². The zero-order valence-electron chi connectivity index (χ0n) is 21.4. The minimum atomic E-state index is -1.78. The van der Waals surface area contributed by atoms with Gasteiger partial charge < -0.3 is 28.4 Å². The zero-order chi connectivity index (χ0) is 28.4. The Morgan fingerprint density at radius 2 is 1.27 bits per heavy atom. The molecule has 0 aromatic carbocycles. The highest BCUT2D eigenvalue weighted by molar-refractivity contribution is 5.69. The number of carbonyl (C=O) groups is 5. The number of nitrogens with zero attached hydrogens (tertiary/aromatic N) is 1. The standard InChI is InChI=1S/C22H30N2O13/c1-10-8-24(22(31)23-20(10)30)21(32-7)19(37-15(6)29)18(36-14(5)28)17(35-13(4)27)16(34-12(3)26)9-33-11(2)25/h8,16-19,21H,9H2,1-7H3,(H,23,30,31)/t16-,17+,18+,19-,21-/m1/s1. The zero-order valence-corrected chi connectivity index (χ0v) is 21.4. The van der Waals surface area contributed by atoms with E-state index in [0.29, 0.717) is 0 Å². The van der Waals surface area contributed by atoms with Crippen LogP contribution in [0, 0.1) is 6.92 Å². The third-order valence-electron chi connectivity index (χ3n) is 4.63. The van der Waals surface area contributed by atoms with E-state index in [1.54, 1.807) is 0 Å². The lowest BCUT2D eigenvalue weighted by atomic mass is 10.0. The lowest BCUT2D eigenvalue weighted by Gasteiger charge is -2.38. The molecule has 0 fully saturated rings. The second kappa shape index (κ2) is 13.9. The third kappa shape index (κ3) is 9.51. The average Bonchev–Trinajstić information content (AvgIpc) is 2.76. The van der Waals surface area contributed by atoms with Crippen molar-refractivity contribution in [1.29, 1.82) is 0 Å². The molecule has 0 saturated carbocycles. The molecule has 206 valence electrons. The average molecular weight is 530 g/mol. The summed E-state index contributed by atoms with van der Waals surface area (Å²) < 4.78 is 32.4. The molecule has 1 heterocycles. The van der Waals surface area contributed by atoms with E-state index in [-0.39, 0.29) is 5.56 Å². The molecule has 0 saturated heterocycles. The first-order valence-corrected chi connectivity index (χ1v) is 10.8. The number of hydrogen-bond donors (Lipinski definition) is 1. The highest BCUT2D eigenvalue weighted by Gasteiger charge is 2.48. The number of nitrogens with one attached hydrogen (secondary N) is 1. The van der Waals surface area contributed by atoms with Gasteiger partial charge in [0.15, 0.2) is 30.6 Å². The van der Waals surface area contributed by atoms with Gasteiger partial charge in [0.2, 0.25) is 0 Å². The molecule has 0 radical (unpaired) electrons. The summed E-state index contributed by atoms with van der Waals surface area (Å²) in [4.78, 5) is 86.0. The molecule has 15 nitrogen and oxygen atoms in total. The molecule has 1 N–H and O–H groups in total. The Bertz CT molecular complexity index is 1120. The molecular formula is C22H30N2O13. The fourth-order valence-corrected chi connectivity index (χ4v) is 3.33. The van der Waals surface area contributed by atoms with Gasteiger partial charge in [-0.25, -0.2) is 4.79 Å². The van der Waals surface area contributed by atoms with E-state index < -0.39 is 78.3 Å². The summed E-state index contributed by atoms with van der Waals surface area (Å²) in [7, 11) is 1.13. The number of H-pyrrole nitrogens is 1. The van der Waals surface area contributed by atoms with Crippen LogP contribution in [0.2, 0.25) is 0 Å². The predicted octanol–water partition coefficient (Wildman–Crippen LogP) is -0.720. The first-order valence-electron chi connectivity index (χ1n) is 10.8. The summed E-state index contributed by atoms with van der Waals surface area (Å²) >= 11 is 0. The van der Waals surface area contributed by atoms with Gasteiger partial charge in [0.1, 0.15) is 6.61 Å². The summed E-state index contributed by atoms with van der Waals surface area (Å²) in [5, 5.41) is 0. The van der Waals surface area contributed by atoms with Crippen LogP contribution >= 0.6 is 0 Å². The maximum atomic E-state index is 12.6. The summed E-state index contributed by atoms with van der Waals surface area (Å²) in [6.45, 7) is 5.84. The van der Waals surface area contributed by atoms with Crippen LogP contribution < -0.4 is 11.2 Å². The lowest BCUT2D eigenvalue weighted by molar-refractivity contribution is -0.217. The van der Waals surface area contributed by atoms with E-state index >= 15 is 0 Å². The van der Waals surface area contributed by atoms with Crippen LogP contribution in [-0.2, 0) is 52.4 Å². The van der Waals surface area contributed by atoms with E-state index in [0.717, 1.165) is 52.5 Å². The Morgan fingerprint density at radius 1 is 0.784 bits per heavy atom. The molecule has 1 aromatic heterocycles. The maximum Gasteiger partial charge on any atom is 0.330 e. The second-order valence-corrected chi connectivity index (χ2v) is 7.78. The van der Waals surface area contributed by atoms with Gasteiger partial charge in [0, 0.05) is 53.5 Å². The molecule has 37 heavy (non-hydrogen) atoms. The van der Waals surface area contributed by atoms with Crippen molar-refractivity contribution in [1.82, 2.24) is 9.55 Å². The normalized spacial score (nSPS) is 14.8.